The number of nitrogens with zero attached hydrogens (tertiary/aromatic N) is 4. The molecule has 2 heterocycles. The fraction of sp³-hybridized carbons (Fsp3) is 0.333. The van der Waals surface area contributed by atoms with Crippen molar-refractivity contribution < 1.29 is 9.90 Å². The van der Waals surface area contributed by atoms with E-state index in [0.717, 1.165) is 0 Å². The van der Waals surface area contributed by atoms with Crippen LogP contribution in [0.1, 0.15) is 36.1 Å². The highest BCUT2D eigenvalue weighted by atomic mass is 16.4. The first-order valence-corrected chi connectivity index (χ1v) is 4.54. The van der Waals surface area contributed by atoms with E-state index in [4.69, 9.17) is 5.11 Å². The molecule has 6 nitrogen and oxygen atoms in total. The van der Waals surface area contributed by atoms with Gasteiger partial charge in [-0.1, -0.05) is 13.8 Å². The standard InChI is InChI=1S/C9H10N4O2/c1-5(2)7-11-8-6(9(14)15)10-3-4-13(8)12-7/h3-5H,1-2H3,(H,14,15). The summed E-state index contributed by atoms with van der Waals surface area (Å²) in [6.45, 7) is 3.89. The van der Waals surface area contributed by atoms with Gasteiger partial charge < -0.3 is 5.11 Å². The second-order valence-corrected chi connectivity index (χ2v) is 3.47. The van der Waals surface area contributed by atoms with Crippen LogP contribution < -0.4 is 0 Å². The molecule has 0 bridgehead atoms. The van der Waals surface area contributed by atoms with E-state index < -0.39 is 5.97 Å². The van der Waals surface area contributed by atoms with Crippen LogP contribution in [0.5, 0.6) is 0 Å². The van der Waals surface area contributed by atoms with Crippen molar-refractivity contribution in [3.63, 3.8) is 0 Å². The maximum Gasteiger partial charge on any atom is 0.358 e. The SMILES string of the molecule is CC(C)c1nc2c(C(=O)O)nccn2n1. The fourth-order valence-electron chi connectivity index (χ4n) is 1.23. The Labute approximate surface area is 85.6 Å². The van der Waals surface area contributed by atoms with Gasteiger partial charge in [0.2, 0.25) is 0 Å². The summed E-state index contributed by atoms with van der Waals surface area (Å²) in [6.07, 6.45) is 2.98. The lowest BCUT2D eigenvalue weighted by Gasteiger charge is -1.93. The normalized spacial score (nSPS) is 11.1. The summed E-state index contributed by atoms with van der Waals surface area (Å²) in [5.74, 6) is -0.319. The predicted octanol–water partition coefficient (Wildman–Crippen LogP) is 0.946. The van der Waals surface area contributed by atoms with Crippen molar-refractivity contribution in [1.82, 2.24) is 19.6 Å². The van der Waals surface area contributed by atoms with Gasteiger partial charge in [0.25, 0.3) is 0 Å². The van der Waals surface area contributed by atoms with Crippen LogP contribution in [0.15, 0.2) is 12.4 Å². The molecule has 0 aliphatic rings. The summed E-state index contributed by atoms with van der Waals surface area (Å²) in [4.78, 5) is 18.7. The number of fused-ring (bicyclic) bond motifs is 1. The Balaban J connectivity index is 2.70. The molecule has 0 saturated heterocycles. The molecule has 0 aliphatic heterocycles. The van der Waals surface area contributed by atoms with Gasteiger partial charge in [0.15, 0.2) is 17.2 Å². The minimum Gasteiger partial charge on any atom is -0.476 e. The van der Waals surface area contributed by atoms with Gasteiger partial charge in [-0.15, -0.1) is 0 Å². The Kier molecular flexibility index (Phi) is 2.11. The molecular formula is C9H10N4O2. The maximum absolute atomic E-state index is 10.9. The van der Waals surface area contributed by atoms with Gasteiger partial charge in [-0.3, -0.25) is 0 Å². The molecule has 6 heteroatoms. The minimum absolute atomic E-state index is 0.0723. The number of rotatable bonds is 2. The molecule has 0 amide bonds. The Morgan fingerprint density at radius 1 is 1.53 bits per heavy atom. The topological polar surface area (TPSA) is 80.4 Å². The van der Waals surface area contributed by atoms with E-state index in [2.05, 4.69) is 15.1 Å². The molecule has 15 heavy (non-hydrogen) atoms. The lowest BCUT2D eigenvalue weighted by atomic mass is 10.2. The van der Waals surface area contributed by atoms with Crippen LogP contribution in [-0.4, -0.2) is 30.7 Å². The number of carboxylic acid groups (broad SMARTS) is 1. The number of aromatic carboxylic acids is 1. The highest BCUT2D eigenvalue weighted by Crippen LogP contribution is 2.12. The van der Waals surface area contributed by atoms with E-state index in [-0.39, 0.29) is 17.3 Å². The molecule has 2 aromatic heterocycles. The minimum atomic E-state index is -1.09. The highest BCUT2D eigenvalue weighted by molar-refractivity contribution is 5.91. The lowest BCUT2D eigenvalue weighted by Crippen LogP contribution is -2.04. The van der Waals surface area contributed by atoms with Gasteiger partial charge in [0, 0.05) is 18.3 Å². The van der Waals surface area contributed by atoms with Crippen LogP contribution >= 0.6 is 0 Å². The van der Waals surface area contributed by atoms with Crippen LogP contribution in [0, 0.1) is 0 Å². The Hall–Kier alpha value is -1.98. The molecule has 0 unspecified atom stereocenters. The van der Waals surface area contributed by atoms with Crippen molar-refractivity contribution >= 4 is 11.6 Å². The van der Waals surface area contributed by atoms with Gasteiger partial charge in [0.1, 0.15) is 0 Å². The Morgan fingerprint density at radius 3 is 2.87 bits per heavy atom. The average molecular weight is 206 g/mol. The molecule has 1 N–H and O–H groups in total. The zero-order chi connectivity index (χ0) is 11.0. The Bertz CT molecular complexity index is 518. The zero-order valence-electron chi connectivity index (χ0n) is 8.38. The fourth-order valence-corrected chi connectivity index (χ4v) is 1.23. The third-order valence-corrected chi connectivity index (χ3v) is 1.99. The largest absolute Gasteiger partial charge is 0.476 e. The predicted molar refractivity (Wildman–Crippen MR) is 51.8 cm³/mol. The molecule has 0 radical (unpaired) electrons. The third kappa shape index (κ3) is 1.54. The quantitative estimate of drug-likeness (QED) is 0.791. The molecule has 78 valence electrons. The smallest absolute Gasteiger partial charge is 0.358 e. The Morgan fingerprint density at radius 2 is 2.27 bits per heavy atom. The van der Waals surface area contributed by atoms with Gasteiger partial charge >= 0.3 is 5.97 Å². The molecule has 0 saturated carbocycles. The van der Waals surface area contributed by atoms with Crippen LogP contribution in [0.2, 0.25) is 0 Å². The van der Waals surface area contributed by atoms with Crippen molar-refractivity contribution in [2.45, 2.75) is 19.8 Å². The first kappa shape index (κ1) is 9.57. The van der Waals surface area contributed by atoms with E-state index in [1.807, 2.05) is 13.8 Å². The third-order valence-electron chi connectivity index (χ3n) is 1.99. The van der Waals surface area contributed by atoms with Crippen molar-refractivity contribution in [3.8, 4) is 0 Å². The molecule has 0 aromatic carbocycles. The molecule has 2 rings (SSSR count). The second kappa shape index (κ2) is 3.30. The number of carboxylic acids is 1. The van der Waals surface area contributed by atoms with E-state index in [0.29, 0.717) is 5.82 Å². The van der Waals surface area contributed by atoms with Gasteiger partial charge in [-0.05, 0) is 0 Å². The van der Waals surface area contributed by atoms with Crippen molar-refractivity contribution in [1.29, 1.82) is 0 Å². The van der Waals surface area contributed by atoms with Crippen LogP contribution in [0.4, 0.5) is 0 Å². The van der Waals surface area contributed by atoms with Crippen molar-refractivity contribution in [2.75, 3.05) is 0 Å². The number of hydrogen-bond donors (Lipinski definition) is 1. The first-order valence-electron chi connectivity index (χ1n) is 4.54. The van der Waals surface area contributed by atoms with E-state index in [9.17, 15) is 4.79 Å². The van der Waals surface area contributed by atoms with E-state index >= 15 is 0 Å². The average Bonchev–Trinajstić information content (AvgIpc) is 2.60. The monoisotopic (exact) mass is 206 g/mol. The molecule has 0 fully saturated rings. The molecule has 2 aromatic rings. The van der Waals surface area contributed by atoms with E-state index in [1.54, 1.807) is 6.20 Å². The van der Waals surface area contributed by atoms with Gasteiger partial charge in [-0.2, -0.15) is 5.10 Å². The summed E-state index contributed by atoms with van der Waals surface area (Å²) < 4.78 is 1.44. The van der Waals surface area contributed by atoms with Crippen LogP contribution in [-0.2, 0) is 0 Å². The van der Waals surface area contributed by atoms with Gasteiger partial charge in [-0.25, -0.2) is 19.3 Å². The summed E-state index contributed by atoms with van der Waals surface area (Å²) in [6, 6.07) is 0. The molecule has 0 spiro atoms. The van der Waals surface area contributed by atoms with E-state index in [1.165, 1.54) is 10.7 Å². The highest BCUT2D eigenvalue weighted by Gasteiger charge is 2.15. The summed E-state index contributed by atoms with van der Waals surface area (Å²) in [5, 5.41) is 13.0. The number of aromatic nitrogens is 4. The van der Waals surface area contributed by atoms with Crippen LogP contribution in [0.25, 0.3) is 5.65 Å². The van der Waals surface area contributed by atoms with Crippen molar-refractivity contribution in [3.05, 3.63) is 23.9 Å². The van der Waals surface area contributed by atoms with Gasteiger partial charge in [0.05, 0.1) is 0 Å². The maximum atomic E-state index is 10.9. The lowest BCUT2D eigenvalue weighted by molar-refractivity contribution is 0.0692. The second-order valence-electron chi connectivity index (χ2n) is 3.47. The first-order chi connectivity index (χ1) is 7.09. The number of carbonyl (C=O) groups is 1. The summed E-state index contributed by atoms with van der Waals surface area (Å²) >= 11 is 0. The molecular weight excluding hydrogens is 196 g/mol. The number of hydrogen-bond acceptors (Lipinski definition) is 4. The summed E-state index contributed by atoms with van der Waals surface area (Å²) in [5.41, 5.74) is 0.214. The molecule has 0 atom stereocenters. The van der Waals surface area contributed by atoms with Crippen molar-refractivity contribution in [2.24, 2.45) is 0 Å². The summed E-state index contributed by atoms with van der Waals surface area (Å²) in [7, 11) is 0. The zero-order valence-corrected chi connectivity index (χ0v) is 8.38. The molecule has 0 aliphatic carbocycles. The van der Waals surface area contributed by atoms with Crippen LogP contribution in [0.3, 0.4) is 0 Å².